The monoisotopic (exact) mass is 255 g/mol. The van der Waals surface area contributed by atoms with Crippen LogP contribution in [-0.4, -0.2) is 55.1 Å². The minimum Gasteiger partial charge on any atom is -0.357 e. The number of nitrogens with one attached hydrogen (secondary N) is 1. The molecule has 94 valence electrons. The molecule has 0 bridgehead atoms. The maximum atomic E-state index is 6.17. The summed E-state index contributed by atoms with van der Waals surface area (Å²) in [4.78, 5) is 13.1. The van der Waals surface area contributed by atoms with Crippen LogP contribution in [0.3, 0.4) is 0 Å². The smallest absolute Gasteiger partial charge is 0.224 e. The van der Waals surface area contributed by atoms with Gasteiger partial charge in [-0.1, -0.05) is 11.6 Å². The first-order valence-electron chi connectivity index (χ1n) is 5.84. The molecule has 0 spiro atoms. The number of hydrogen-bond acceptors (Lipinski definition) is 5. The van der Waals surface area contributed by atoms with E-state index in [1.165, 1.54) is 0 Å². The van der Waals surface area contributed by atoms with Crippen LogP contribution in [0.4, 0.5) is 11.8 Å². The Balaban J connectivity index is 2.20. The minimum absolute atomic E-state index is 0.613. The normalized spacial score (nSPS) is 17.9. The highest BCUT2D eigenvalue weighted by Crippen LogP contribution is 2.24. The Morgan fingerprint density at radius 2 is 2.12 bits per heavy atom. The van der Waals surface area contributed by atoms with Gasteiger partial charge in [-0.3, -0.25) is 0 Å². The predicted molar refractivity (Wildman–Crippen MR) is 70.9 cm³/mol. The molecular formula is C11H18ClN5. The first-order valence-corrected chi connectivity index (χ1v) is 6.22. The number of nitrogens with zero attached hydrogens (tertiary/aromatic N) is 4. The van der Waals surface area contributed by atoms with Gasteiger partial charge in [0.05, 0.1) is 6.20 Å². The van der Waals surface area contributed by atoms with Crippen molar-refractivity contribution in [2.24, 2.45) is 0 Å². The molecule has 2 heterocycles. The molecule has 0 atom stereocenters. The quantitative estimate of drug-likeness (QED) is 0.864. The maximum absolute atomic E-state index is 6.17. The molecule has 0 amide bonds. The van der Waals surface area contributed by atoms with Crippen molar-refractivity contribution >= 4 is 23.4 Å². The third kappa shape index (κ3) is 2.98. The van der Waals surface area contributed by atoms with Crippen LogP contribution in [0.25, 0.3) is 0 Å². The highest BCUT2D eigenvalue weighted by Gasteiger charge is 2.17. The Labute approximate surface area is 107 Å². The van der Waals surface area contributed by atoms with Gasteiger partial charge in [0.25, 0.3) is 0 Å². The minimum atomic E-state index is 0.613. The van der Waals surface area contributed by atoms with Gasteiger partial charge in [-0.25, -0.2) is 4.98 Å². The third-order valence-corrected chi connectivity index (χ3v) is 3.23. The standard InChI is InChI=1S/C11H18ClN5/c1-13-11-14-8-9(12)10(15-11)17-5-3-4-16(2)6-7-17/h8H,3-7H2,1-2H3,(H,13,14,15). The Bertz CT molecular complexity index is 384. The molecule has 1 aromatic rings. The molecule has 0 radical (unpaired) electrons. The van der Waals surface area contributed by atoms with E-state index in [2.05, 4.69) is 32.1 Å². The summed E-state index contributed by atoms with van der Waals surface area (Å²) in [6.07, 6.45) is 2.79. The fourth-order valence-corrected chi connectivity index (χ4v) is 2.17. The molecule has 0 aromatic carbocycles. The van der Waals surface area contributed by atoms with Gasteiger partial charge in [-0.05, 0) is 20.0 Å². The largest absolute Gasteiger partial charge is 0.357 e. The van der Waals surface area contributed by atoms with E-state index in [0.29, 0.717) is 11.0 Å². The van der Waals surface area contributed by atoms with Gasteiger partial charge < -0.3 is 15.1 Å². The fraction of sp³-hybridized carbons (Fsp3) is 0.636. The van der Waals surface area contributed by atoms with Crippen molar-refractivity contribution in [3.8, 4) is 0 Å². The van der Waals surface area contributed by atoms with E-state index in [1.807, 2.05) is 7.05 Å². The molecule has 2 rings (SSSR count). The lowest BCUT2D eigenvalue weighted by atomic mass is 10.4. The zero-order valence-electron chi connectivity index (χ0n) is 10.3. The molecule has 6 heteroatoms. The maximum Gasteiger partial charge on any atom is 0.224 e. The second kappa shape index (κ2) is 5.51. The molecule has 1 saturated heterocycles. The molecule has 5 nitrogen and oxygen atoms in total. The van der Waals surface area contributed by atoms with Crippen LogP contribution >= 0.6 is 11.6 Å². The van der Waals surface area contributed by atoms with Crippen molar-refractivity contribution in [2.45, 2.75) is 6.42 Å². The van der Waals surface area contributed by atoms with Gasteiger partial charge >= 0.3 is 0 Å². The number of hydrogen-bond donors (Lipinski definition) is 1. The van der Waals surface area contributed by atoms with E-state index in [-0.39, 0.29) is 0 Å². The highest BCUT2D eigenvalue weighted by molar-refractivity contribution is 6.32. The number of likely N-dealkylation sites (N-methyl/N-ethyl adjacent to an activating group) is 1. The number of anilines is 2. The average Bonchev–Trinajstić information content (AvgIpc) is 2.55. The number of rotatable bonds is 2. The number of halogens is 1. The summed E-state index contributed by atoms with van der Waals surface area (Å²) in [5, 5.41) is 3.56. The lowest BCUT2D eigenvalue weighted by Gasteiger charge is -2.22. The van der Waals surface area contributed by atoms with Gasteiger partial charge in [0, 0.05) is 26.7 Å². The first kappa shape index (κ1) is 12.4. The van der Waals surface area contributed by atoms with Crippen LogP contribution in [0.2, 0.25) is 5.02 Å². The van der Waals surface area contributed by atoms with Crippen LogP contribution < -0.4 is 10.2 Å². The van der Waals surface area contributed by atoms with E-state index >= 15 is 0 Å². The molecule has 0 saturated carbocycles. The van der Waals surface area contributed by atoms with Gasteiger partial charge in [0.15, 0.2) is 5.82 Å². The summed E-state index contributed by atoms with van der Waals surface area (Å²) in [5.74, 6) is 1.45. The number of aromatic nitrogens is 2. The average molecular weight is 256 g/mol. The Kier molecular flexibility index (Phi) is 4.02. The Morgan fingerprint density at radius 1 is 1.29 bits per heavy atom. The van der Waals surface area contributed by atoms with Crippen molar-refractivity contribution in [3.63, 3.8) is 0 Å². The topological polar surface area (TPSA) is 44.3 Å². The van der Waals surface area contributed by atoms with Gasteiger partial charge in [0.1, 0.15) is 5.02 Å². The molecule has 1 fully saturated rings. The first-order chi connectivity index (χ1) is 8.20. The van der Waals surface area contributed by atoms with E-state index in [9.17, 15) is 0 Å². The molecule has 1 aliphatic heterocycles. The Hall–Kier alpha value is -1.07. The van der Waals surface area contributed by atoms with Crippen molar-refractivity contribution in [1.82, 2.24) is 14.9 Å². The summed E-state index contributed by atoms with van der Waals surface area (Å²) >= 11 is 6.17. The summed E-state index contributed by atoms with van der Waals surface area (Å²) < 4.78 is 0. The molecular weight excluding hydrogens is 238 g/mol. The van der Waals surface area contributed by atoms with Crippen molar-refractivity contribution in [1.29, 1.82) is 0 Å². The van der Waals surface area contributed by atoms with Crippen LogP contribution in [0.1, 0.15) is 6.42 Å². The summed E-state index contributed by atoms with van der Waals surface area (Å²) in [6, 6.07) is 0. The summed E-state index contributed by atoms with van der Waals surface area (Å²) in [6.45, 7) is 4.11. The third-order valence-electron chi connectivity index (χ3n) is 2.97. The summed E-state index contributed by atoms with van der Waals surface area (Å²) in [5.41, 5.74) is 0. The van der Waals surface area contributed by atoms with Crippen molar-refractivity contribution in [2.75, 3.05) is 50.5 Å². The van der Waals surface area contributed by atoms with Crippen LogP contribution in [-0.2, 0) is 0 Å². The second-order valence-electron chi connectivity index (χ2n) is 4.26. The van der Waals surface area contributed by atoms with Gasteiger partial charge in [-0.15, -0.1) is 0 Å². The molecule has 1 aliphatic rings. The second-order valence-corrected chi connectivity index (χ2v) is 4.67. The van der Waals surface area contributed by atoms with Crippen LogP contribution in [0.5, 0.6) is 0 Å². The van der Waals surface area contributed by atoms with Crippen molar-refractivity contribution < 1.29 is 0 Å². The fourth-order valence-electron chi connectivity index (χ4n) is 1.96. The van der Waals surface area contributed by atoms with Gasteiger partial charge in [0.2, 0.25) is 5.95 Å². The summed E-state index contributed by atoms with van der Waals surface area (Å²) in [7, 11) is 3.95. The molecule has 0 unspecified atom stereocenters. The van der Waals surface area contributed by atoms with Gasteiger partial charge in [-0.2, -0.15) is 4.98 Å². The Morgan fingerprint density at radius 3 is 2.88 bits per heavy atom. The van der Waals surface area contributed by atoms with Crippen LogP contribution in [0.15, 0.2) is 6.20 Å². The van der Waals surface area contributed by atoms with E-state index in [4.69, 9.17) is 11.6 Å². The van der Waals surface area contributed by atoms with E-state index < -0.39 is 0 Å². The molecule has 1 N–H and O–H groups in total. The van der Waals surface area contributed by atoms with Crippen molar-refractivity contribution in [3.05, 3.63) is 11.2 Å². The lowest BCUT2D eigenvalue weighted by Crippen LogP contribution is -2.29. The van der Waals surface area contributed by atoms with E-state index in [1.54, 1.807) is 6.20 Å². The lowest BCUT2D eigenvalue weighted by molar-refractivity contribution is 0.360. The SMILES string of the molecule is CNc1ncc(Cl)c(N2CCCN(C)CC2)n1. The highest BCUT2D eigenvalue weighted by atomic mass is 35.5. The predicted octanol–water partition coefficient (Wildman–Crippen LogP) is 1.31. The molecule has 17 heavy (non-hydrogen) atoms. The van der Waals surface area contributed by atoms with E-state index in [0.717, 1.165) is 38.4 Å². The zero-order chi connectivity index (χ0) is 12.3. The molecule has 1 aromatic heterocycles. The molecule has 0 aliphatic carbocycles. The van der Waals surface area contributed by atoms with Crippen LogP contribution in [0, 0.1) is 0 Å². The zero-order valence-corrected chi connectivity index (χ0v) is 11.0.